The molecule has 0 unspecified atom stereocenters. The maximum absolute atomic E-state index is 12.2. The average molecular weight is 530 g/mol. The lowest BCUT2D eigenvalue weighted by Gasteiger charge is -2.26. The molecule has 0 N–H and O–H groups in total. The van der Waals surface area contributed by atoms with Gasteiger partial charge in [-0.05, 0) is 82.2 Å². The van der Waals surface area contributed by atoms with Gasteiger partial charge in [-0.3, -0.25) is 9.79 Å². The lowest BCUT2D eigenvalue weighted by atomic mass is 10.2. The van der Waals surface area contributed by atoms with Crippen molar-refractivity contribution in [2.45, 2.75) is 0 Å². The van der Waals surface area contributed by atoms with Crippen LogP contribution in [-0.2, 0) is 9.53 Å². The molecule has 0 atom stereocenters. The van der Waals surface area contributed by atoms with E-state index in [1.54, 1.807) is 23.2 Å². The largest absolute Gasteiger partial charge is 0.483 e. The van der Waals surface area contributed by atoms with Crippen molar-refractivity contribution in [1.29, 1.82) is 0 Å². The number of hydrogen-bond acceptors (Lipinski definition) is 5. The predicted octanol–water partition coefficient (Wildman–Crippen LogP) is 5.88. The summed E-state index contributed by atoms with van der Waals surface area (Å²) in [5.74, 6) is 1.94. The van der Waals surface area contributed by atoms with E-state index in [9.17, 15) is 4.79 Å². The average Bonchev–Trinajstić information content (AvgIpc) is 2.83. The zero-order valence-electron chi connectivity index (χ0n) is 17.7. The van der Waals surface area contributed by atoms with E-state index >= 15 is 0 Å². The highest BCUT2D eigenvalue weighted by molar-refractivity contribution is 9.10. The van der Waals surface area contributed by atoms with Gasteiger partial charge >= 0.3 is 0 Å². The van der Waals surface area contributed by atoms with E-state index in [1.165, 1.54) is 0 Å². The maximum Gasteiger partial charge on any atom is 0.260 e. The van der Waals surface area contributed by atoms with Crippen LogP contribution < -0.4 is 9.47 Å². The van der Waals surface area contributed by atoms with Crippen molar-refractivity contribution < 1.29 is 19.0 Å². The summed E-state index contributed by atoms with van der Waals surface area (Å²) in [4.78, 5) is 18.5. The highest BCUT2D eigenvalue weighted by Gasteiger charge is 2.17. The van der Waals surface area contributed by atoms with Crippen molar-refractivity contribution in [3.05, 3.63) is 81.8 Å². The zero-order chi connectivity index (χ0) is 23.0. The maximum atomic E-state index is 12.2. The fraction of sp³-hybridized carbons (Fsp3) is 0.200. The van der Waals surface area contributed by atoms with Crippen LogP contribution >= 0.6 is 27.5 Å². The Morgan fingerprint density at radius 2 is 1.85 bits per heavy atom. The zero-order valence-corrected chi connectivity index (χ0v) is 20.1. The van der Waals surface area contributed by atoms with Crippen LogP contribution in [-0.4, -0.2) is 49.9 Å². The molecule has 3 aromatic rings. The number of amides is 1. The number of ether oxygens (including phenoxy) is 3. The van der Waals surface area contributed by atoms with Gasteiger partial charge < -0.3 is 19.1 Å². The normalized spacial score (nSPS) is 13.8. The summed E-state index contributed by atoms with van der Waals surface area (Å²) in [5, 5.41) is 0.625. The molecule has 1 saturated heterocycles. The molecule has 0 aliphatic carbocycles. The van der Waals surface area contributed by atoms with E-state index < -0.39 is 0 Å². The van der Waals surface area contributed by atoms with Gasteiger partial charge in [0.1, 0.15) is 17.2 Å². The van der Waals surface area contributed by atoms with E-state index in [1.807, 2.05) is 54.6 Å². The minimum Gasteiger partial charge on any atom is -0.483 e. The van der Waals surface area contributed by atoms with Crippen LogP contribution in [0.2, 0.25) is 5.02 Å². The SMILES string of the molecule is O=C(COc1ccc(C=Nc2ccc(Oc3cccc(Cl)c3)cc2)cc1Br)N1CCOCC1. The number of benzene rings is 3. The molecule has 0 saturated carbocycles. The lowest BCUT2D eigenvalue weighted by Crippen LogP contribution is -2.43. The molecule has 6 nitrogen and oxygen atoms in total. The van der Waals surface area contributed by atoms with E-state index in [4.69, 9.17) is 25.8 Å². The third-order valence-corrected chi connectivity index (χ3v) is 5.76. The summed E-state index contributed by atoms with van der Waals surface area (Å²) in [7, 11) is 0. The number of aliphatic imine (C=N–C) groups is 1. The Morgan fingerprint density at radius 1 is 1.06 bits per heavy atom. The monoisotopic (exact) mass is 528 g/mol. The summed E-state index contributed by atoms with van der Waals surface area (Å²) in [6.07, 6.45) is 1.76. The number of carbonyl (C=O) groups is 1. The summed E-state index contributed by atoms with van der Waals surface area (Å²) >= 11 is 9.50. The van der Waals surface area contributed by atoms with E-state index in [-0.39, 0.29) is 12.5 Å². The second-order valence-corrected chi connectivity index (χ2v) is 8.57. The first-order valence-electron chi connectivity index (χ1n) is 10.4. The first-order valence-corrected chi connectivity index (χ1v) is 11.6. The number of morpholine rings is 1. The lowest BCUT2D eigenvalue weighted by molar-refractivity contribution is -0.137. The molecule has 170 valence electrons. The number of halogens is 2. The topological polar surface area (TPSA) is 60.4 Å². The van der Waals surface area contributed by atoms with Crippen LogP contribution in [0.15, 0.2) is 76.2 Å². The van der Waals surface area contributed by atoms with E-state index in [2.05, 4.69) is 20.9 Å². The molecule has 3 aromatic carbocycles. The number of carbonyl (C=O) groups excluding carboxylic acids is 1. The third-order valence-electron chi connectivity index (χ3n) is 4.90. The molecular weight excluding hydrogens is 508 g/mol. The Balaban J connectivity index is 1.32. The fourth-order valence-corrected chi connectivity index (χ4v) is 3.87. The predicted molar refractivity (Wildman–Crippen MR) is 132 cm³/mol. The van der Waals surface area contributed by atoms with Gasteiger partial charge in [-0.1, -0.05) is 17.7 Å². The quantitative estimate of drug-likeness (QED) is 0.359. The summed E-state index contributed by atoms with van der Waals surface area (Å²) in [6.45, 7) is 2.34. The van der Waals surface area contributed by atoms with Crippen LogP contribution in [0, 0.1) is 0 Å². The van der Waals surface area contributed by atoms with Crippen LogP contribution in [0.1, 0.15) is 5.56 Å². The molecule has 0 aromatic heterocycles. The highest BCUT2D eigenvalue weighted by Crippen LogP contribution is 2.27. The molecule has 0 radical (unpaired) electrons. The first-order chi connectivity index (χ1) is 16.1. The minimum atomic E-state index is -0.0429. The van der Waals surface area contributed by atoms with Gasteiger partial charge in [0.15, 0.2) is 6.61 Å². The van der Waals surface area contributed by atoms with Crippen LogP contribution in [0.5, 0.6) is 17.2 Å². The molecule has 1 amide bonds. The number of hydrogen-bond donors (Lipinski definition) is 0. The smallest absolute Gasteiger partial charge is 0.260 e. The Hall–Kier alpha value is -2.87. The van der Waals surface area contributed by atoms with Crippen molar-refractivity contribution >= 4 is 45.3 Å². The Morgan fingerprint density at radius 3 is 2.58 bits per heavy atom. The van der Waals surface area contributed by atoms with E-state index in [0.29, 0.717) is 48.6 Å². The summed E-state index contributed by atoms with van der Waals surface area (Å²) < 4.78 is 17.5. The summed E-state index contributed by atoms with van der Waals surface area (Å²) in [6, 6.07) is 20.3. The molecule has 1 heterocycles. The molecule has 1 fully saturated rings. The Kier molecular flexibility index (Phi) is 7.99. The molecule has 0 spiro atoms. The van der Waals surface area contributed by atoms with Crippen molar-refractivity contribution in [3.8, 4) is 17.2 Å². The molecule has 1 aliphatic heterocycles. The van der Waals surface area contributed by atoms with Gasteiger partial charge in [-0.25, -0.2) is 0 Å². The number of nitrogens with zero attached hydrogens (tertiary/aromatic N) is 2. The molecule has 0 bridgehead atoms. The van der Waals surface area contributed by atoms with Crippen LogP contribution in [0.3, 0.4) is 0 Å². The standard InChI is InChI=1S/C25H22BrClN2O4/c26-23-14-18(4-9-24(23)32-17-25(30)29-10-12-31-13-11-29)16-28-20-5-7-21(8-6-20)33-22-3-1-2-19(27)15-22/h1-9,14-16H,10-13,17H2. The third kappa shape index (κ3) is 6.81. The van der Waals surface area contributed by atoms with Gasteiger partial charge in [0.05, 0.1) is 23.4 Å². The van der Waals surface area contributed by atoms with Gasteiger partial charge in [-0.15, -0.1) is 0 Å². The number of rotatable bonds is 7. The van der Waals surface area contributed by atoms with Gasteiger partial charge in [0, 0.05) is 24.3 Å². The van der Waals surface area contributed by atoms with Crippen molar-refractivity contribution in [3.63, 3.8) is 0 Å². The van der Waals surface area contributed by atoms with Crippen molar-refractivity contribution in [2.75, 3.05) is 32.9 Å². The molecule has 4 rings (SSSR count). The molecule has 33 heavy (non-hydrogen) atoms. The second kappa shape index (κ2) is 11.3. The van der Waals surface area contributed by atoms with Gasteiger partial charge in [0.25, 0.3) is 5.91 Å². The van der Waals surface area contributed by atoms with Crippen molar-refractivity contribution in [2.24, 2.45) is 4.99 Å². The Bertz CT molecular complexity index is 1130. The van der Waals surface area contributed by atoms with Gasteiger partial charge in [-0.2, -0.15) is 0 Å². The molecule has 8 heteroatoms. The van der Waals surface area contributed by atoms with Crippen LogP contribution in [0.4, 0.5) is 5.69 Å². The highest BCUT2D eigenvalue weighted by atomic mass is 79.9. The molecule has 1 aliphatic rings. The second-order valence-electron chi connectivity index (χ2n) is 7.28. The van der Waals surface area contributed by atoms with Crippen LogP contribution in [0.25, 0.3) is 0 Å². The summed E-state index contributed by atoms with van der Waals surface area (Å²) in [5.41, 5.74) is 1.69. The minimum absolute atomic E-state index is 0.00432. The van der Waals surface area contributed by atoms with Gasteiger partial charge in [0.2, 0.25) is 0 Å². The Labute approximate surface area is 205 Å². The molecular formula is C25H22BrClN2O4. The van der Waals surface area contributed by atoms with E-state index in [0.717, 1.165) is 15.7 Å². The van der Waals surface area contributed by atoms with Crippen molar-refractivity contribution in [1.82, 2.24) is 4.90 Å². The first kappa shape index (κ1) is 23.3. The fourth-order valence-electron chi connectivity index (χ4n) is 3.17.